The van der Waals surface area contributed by atoms with Gasteiger partial charge in [0.25, 0.3) is 0 Å². The Hall–Kier alpha value is -0.610. The van der Waals surface area contributed by atoms with E-state index in [0.717, 1.165) is 38.8 Å². The lowest BCUT2D eigenvalue weighted by atomic mass is 9.84. The second-order valence-corrected chi connectivity index (χ2v) is 5.06. The second-order valence-electron chi connectivity index (χ2n) is 5.06. The molecule has 2 atom stereocenters. The van der Waals surface area contributed by atoms with Gasteiger partial charge in [0.05, 0.1) is 6.54 Å². The highest BCUT2D eigenvalue weighted by molar-refractivity contribution is 5.78. The standard InChI is InChI=1S/C11H20N2O2/c12-6-10(15)13-4-3-11(8-13)2-1-9(5-11)7-14/h9,14H,1-8,12H2/t9-,11+/m0/s1. The molecule has 0 aromatic rings. The zero-order valence-electron chi connectivity index (χ0n) is 9.11. The molecule has 0 unspecified atom stereocenters. The second kappa shape index (κ2) is 4.10. The lowest BCUT2D eigenvalue weighted by Crippen LogP contribution is -2.35. The molecule has 4 heteroatoms. The van der Waals surface area contributed by atoms with E-state index in [1.165, 1.54) is 0 Å². The predicted octanol–water partition coefficient (Wildman–Crippen LogP) is -0.0438. The molecule has 2 aliphatic rings. The highest BCUT2D eigenvalue weighted by atomic mass is 16.3. The number of aliphatic hydroxyl groups excluding tert-OH is 1. The third-order valence-corrected chi connectivity index (χ3v) is 4.03. The predicted molar refractivity (Wildman–Crippen MR) is 57.1 cm³/mol. The summed E-state index contributed by atoms with van der Waals surface area (Å²) in [6, 6.07) is 0. The molecule has 1 aliphatic heterocycles. The van der Waals surface area contributed by atoms with Crippen LogP contribution < -0.4 is 5.73 Å². The van der Waals surface area contributed by atoms with Crippen LogP contribution in [-0.4, -0.2) is 42.2 Å². The zero-order chi connectivity index (χ0) is 10.9. The van der Waals surface area contributed by atoms with Gasteiger partial charge in [0.1, 0.15) is 0 Å². The Labute approximate surface area is 90.4 Å². The van der Waals surface area contributed by atoms with Gasteiger partial charge >= 0.3 is 0 Å². The van der Waals surface area contributed by atoms with Gasteiger partial charge < -0.3 is 15.7 Å². The van der Waals surface area contributed by atoms with Gasteiger partial charge in [0, 0.05) is 19.7 Å². The molecule has 0 aromatic heterocycles. The van der Waals surface area contributed by atoms with E-state index in [1.807, 2.05) is 4.90 Å². The van der Waals surface area contributed by atoms with Gasteiger partial charge in [-0.05, 0) is 37.0 Å². The summed E-state index contributed by atoms with van der Waals surface area (Å²) in [5, 5.41) is 9.13. The quantitative estimate of drug-likeness (QED) is 0.675. The minimum absolute atomic E-state index is 0.0688. The van der Waals surface area contributed by atoms with Gasteiger partial charge in [-0.2, -0.15) is 0 Å². The average Bonchev–Trinajstić information content (AvgIpc) is 2.86. The normalized spacial score (nSPS) is 35.3. The van der Waals surface area contributed by atoms with Crippen molar-refractivity contribution in [3.63, 3.8) is 0 Å². The Kier molecular flexibility index (Phi) is 2.98. The average molecular weight is 212 g/mol. The first-order valence-corrected chi connectivity index (χ1v) is 5.78. The molecule has 3 N–H and O–H groups in total. The van der Waals surface area contributed by atoms with Crippen molar-refractivity contribution < 1.29 is 9.90 Å². The first-order valence-electron chi connectivity index (χ1n) is 5.78. The fourth-order valence-corrected chi connectivity index (χ4v) is 3.13. The van der Waals surface area contributed by atoms with E-state index in [2.05, 4.69) is 0 Å². The SMILES string of the molecule is NCC(=O)N1CC[C@@]2(CC[C@H](CO)C2)C1. The van der Waals surface area contributed by atoms with Crippen LogP contribution in [0.4, 0.5) is 0 Å². The van der Waals surface area contributed by atoms with E-state index < -0.39 is 0 Å². The largest absolute Gasteiger partial charge is 0.396 e. The van der Waals surface area contributed by atoms with Crippen LogP contribution in [0.3, 0.4) is 0 Å². The third-order valence-electron chi connectivity index (χ3n) is 4.03. The van der Waals surface area contributed by atoms with Crippen LogP contribution >= 0.6 is 0 Å². The van der Waals surface area contributed by atoms with E-state index in [0.29, 0.717) is 17.9 Å². The summed E-state index contributed by atoms with van der Waals surface area (Å²) in [7, 11) is 0. The van der Waals surface area contributed by atoms with Crippen LogP contribution in [-0.2, 0) is 4.79 Å². The number of hydrogen-bond acceptors (Lipinski definition) is 3. The number of likely N-dealkylation sites (tertiary alicyclic amines) is 1. The molecular formula is C11H20N2O2. The van der Waals surface area contributed by atoms with Crippen molar-refractivity contribution in [2.75, 3.05) is 26.2 Å². The number of aliphatic hydroxyl groups is 1. The van der Waals surface area contributed by atoms with Crippen molar-refractivity contribution in [1.82, 2.24) is 4.90 Å². The smallest absolute Gasteiger partial charge is 0.236 e. The van der Waals surface area contributed by atoms with Crippen molar-refractivity contribution in [2.24, 2.45) is 17.1 Å². The van der Waals surface area contributed by atoms with Crippen LogP contribution in [0.1, 0.15) is 25.7 Å². The molecule has 1 saturated heterocycles. The van der Waals surface area contributed by atoms with Crippen molar-refractivity contribution in [2.45, 2.75) is 25.7 Å². The van der Waals surface area contributed by atoms with Crippen molar-refractivity contribution in [3.8, 4) is 0 Å². The number of carbonyl (C=O) groups excluding carboxylic acids is 1. The number of amides is 1. The van der Waals surface area contributed by atoms with E-state index >= 15 is 0 Å². The lowest BCUT2D eigenvalue weighted by molar-refractivity contribution is -0.129. The number of nitrogens with zero attached hydrogens (tertiary/aromatic N) is 1. The van der Waals surface area contributed by atoms with Gasteiger partial charge in [0.15, 0.2) is 0 Å². The van der Waals surface area contributed by atoms with Gasteiger partial charge in [0.2, 0.25) is 5.91 Å². The molecule has 0 bridgehead atoms. The van der Waals surface area contributed by atoms with Crippen molar-refractivity contribution in [1.29, 1.82) is 0 Å². The fraction of sp³-hybridized carbons (Fsp3) is 0.909. The third kappa shape index (κ3) is 2.01. The number of rotatable bonds is 2. The van der Waals surface area contributed by atoms with E-state index in [4.69, 9.17) is 10.8 Å². The summed E-state index contributed by atoms with van der Waals surface area (Å²) in [4.78, 5) is 13.3. The first kappa shape index (κ1) is 10.9. The Bertz CT molecular complexity index is 257. The maximum Gasteiger partial charge on any atom is 0.236 e. The van der Waals surface area contributed by atoms with Crippen LogP contribution in [0.25, 0.3) is 0 Å². The summed E-state index contributed by atoms with van der Waals surface area (Å²) in [6.45, 7) is 2.14. The zero-order valence-corrected chi connectivity index (χ0v) is 9.11. The van der Waals surface area contributed by atoms with Crippen molar-refractivity contribution in [3.05, 3.63) is 0 Å². The molecule has 1 heterocycles. The molecule has 2 fully saturated rings. The molecule has 2 rings (SSSR count). The Morgan fingerprint density at radius 3 is 2.93 bits per heavy atom. The van der Waals surface area contributed by atoms with E-state index in [9.17, 15) is 4.79 Å². The topological polar surface area (TPSA) is 66.6 Å². The van der Waals surface area contributed by atoms with Crippen molar-refractivity contribution >= 4 is 5.91 Å². The number of hydrogen-bond donors (Lipinski definition) is 2. The van der Waals surface area contributed by atoms with Gasteiger partial charge in [-0.15, -0.1) is 0 Å². The van der Waals surface area contributed by atoms with Gasteiger partial charge in [-0.25, -0.2) is 0 Å². The Morgan fingerprint density at radius 1 is 1.53 bits per heavy atom. The van der Waals surface area contributed by atoms with Crippen LogP contribution in [0.15, 0.2) is 0 Å². The Morgan fingerprint density at radius 2 is 2.33 bits per heavy atom. The van der Waals surface area contributed by atoms with Crippen LogP contribution in [0, 0.1) is 11.3 Å². The maximum atomic E-state index is 11.5. The Balaban J connectivity index is 1.94. The van der Waals surface area contributed by atoms with Crippen LogP contribution in [0.5, 0.6) is 0 Å². The van der Waals surface area contributed by atoms with Gasteiger partial charge in [-0.1, -0.05) is 0 Å². The minimum atomic E-state index is 0.0688. The molecule has 1 aliphatic carbocycles. The molecule has 4 nitrogen and oxygen atoms in total. The van der Waals surface area contributed by atoms with E-state index in [-0.39, 0.29) is 12.5 Å². The minimum Gasteiger partial charge on any atom is -0.396 e. The molecule has 0 aromatic carbocycles. The number of carbonyl (C=O) groups is 1. The first-order chi connectivity index (χ1) is 7.19. The van der Waals surface area contributed by atoms with E-state index in [1.54, 1.807) is 0 Å². The molecule has 86 valence electrons. The maximum absolute atomic E-state index is 11.5. The summed E-state index contributed by atoms with van der Waals surface area (Å²) >= 11 is 0. The molecule has 1 spiro atoms. The fourth-order valence-electron chi connectivity index (χ4n) is 3.13. The van der Waals surface area contributed by atoms with Gasteiger partial charge in [-0.3, -0.25) is 4.79 Å². The molecular weight excluding hydrogens is 192 g/mol. The molecule has 1 saturated carbocycles. The monoisotopic (exact) mass is 212 g/mol. The number of nitrogens with two attached hydrogens (primary N) is 1. The molecule has 1 amide bonds. The lowest BCUT2D eigenvalue weighted by Gasteiger charge is -2.23. The highest BCUT2D eigenvalue weighted by Gasteiger charge is 2.44. The highest BCUT2D eigenvalue weighted by Crippen LogP contribution is 2.47. The summed E-state index contributed by atoms with van der Waals surface area (Å²) in [5.41, 5.74) is 5.67. The molecule has 15 heavy (non-hydrogen) atoms. The summed E-state index contributed by atoms with van der Waals surface area (Å²) in [6.07, 6.45) is 4.45. The summed E-state index contributed by atoms with van der Waals surface area (Å²) < 4.78 is 0. The molecule has 0 radical (unpaired) electrons. The van der Waals surface area contributed by atoms with Crippen LogP contribution in [0.2, 0.25) is 0 Å². The summed E-state index contributed by atoms with van der Waals surface area (Å²) in [5.74, 6) is 0.525.